The number of carbonyl (C=O) groups is 1. The normalized spacial score (nSPS) is 9.07. The number of carbonyl (C=O) groups excluding carboxylic acids is 2. The van der Waals surface area contributed by atoms with Gasteiger partial charge in [0, 0.05) is 11.6 Å². The highest BCUT2D eigenvalue weighted by atomic mass is 16.7. The van der Waals surface area contributed by atoms with Gasteiger partial charge >= 0.3 is 0 Å². The van der Waals surface area contributed by atoms with Gasteiger partial charge < -0.3 is 9.47 Å². The summed E-state index contributed by atoms with van der Waals surface area (Å²) >= 11 is 0. The van der Waals surface area contributed by atoms with Gasteiger partial charge in [0.15, 0.2) is 6.79 Å². The van der Waals surface area contributed by atoms with Crippen LogP contribution >= 0.6 is 0 Å². The molecule has 0 amide bonds. The average Bonchev–Trinajstić information content (AvgIpc) is 2.30. The Morgan fingerprint density at radius 2 is 2.00 bits per heavy atom. The second-order valence-corrected chi connectivity index (χ2v) is 2.64. The molecule has 0 aliphatic carbocycles. The predicted octanol–water partition coefficient (Wildman–Crippen LogP) is 1.24. The molecule has 0 atom stereocenters. The Morgan fingerprint density at radius 3 is 2.60 bits per heavy atom. The largest absolute Gasteiger partial charge is 0.468 e. The van der Waals surface area contributed by atoms with E-state index in [1.807, 2.05) is 0 Å². The van der Waals surface area contributed by atoms with E-state index >= 15 is 0 Å². The van der Waals surface area contributed by atoms with Crippen molar-refractivity contribution in [2.24, 2.45) is 0 Å². The second kappa shape index (κ2) is 6.54. The summed E-state index contributed by atoms with van der Waals surface area (Å²) in [5.41, 5.74) is 0.590. The molecule has 15 heavy (non-hydrogen) atoms. The molecule has 0 fully saturated rings. The Bertz CT molecular complexity index is 349. The molecule has 78 valence electrons. The van der Waals surface area contributed by atoms with Gasteiger partial charge in [-0.2, -0.15) is 0 Å². The van der Waals surface area contributed by atoms with Gasteiger partial charge in [-0.05, 0) is 24.3 Å². The molecule has 4 heteroatoms. The minimum atomic E-state index is 0.0542. The summed E-state index contributed by atoms with van der Waals surface area (Å²) in [5, 5.41) is 0. The third-order valence-electron chi connectivity index (χ3n) is 1.61. The molecule has 4 nitrogen and oxygen atoms in total. The fraction of sp³-hybridized carbons (Fsp3) is 0.182. The minimum Gasteiger partial charge on any atom is -0.468 e. The first-order valence-electron chi connectivity index (χ1n) is 4.32. The first-order valence-corrected chi connectivity index (χ1v) is 4.32. The number of hydrogen-bond acceptors (Lipinski definition) is 4. The van der Waals surface area contributed by atoms with Crippen molar-refractivity contribution in [1.29, 1.82) is 0 Å². The minimum absolute atomic E-state index is 0.0542. The lowest BCUT2D eigenvalue weighted by Crippen LogP contribution is -2.02. The molecular weight excluding hydrogens is 196 g/mol. The van der Waals surface area contributed by atoms with Gasteiger partial charge in [0.2, 0.25) is 0 Å². The first kappa shape index (κ1) is 11.2. The first-order chi connectivity index (χ1) is 7.36. The molecule has 1 aromatic carbocycles. The summed E-state index contributed by atoms with van der Waals surface area (Å²) in [6, 6.07) is 6.63. The highest BCUT2D eigenvalue weighted by Gasteiger charge is 1.93. The summed E-state index contributed by atoms with van der Waals surface area (Å²) in [4.78, 5) is 20.1. The van der Waals surface area contributed by atoms with Crippen LogP contribution in [0.1, 0.15) is 10.4 Å². The van der Waals surface area contributed by atoms with Gasteiger partial charge in [-0.15, -0.1) is 0 Å². The molecule has 0 bridgehead atoms. The number of aldehydes is 1. The van der Waals surface area contributed by atoms with Crippen molar-refractivity contribution in [2.45, 2.75) is 0 Å². The molecule has 0 unspecified atom stereocenters. The smallest absolute Gasteiger partial charge is 0.189 e. The highest BCUT2D eigenvalue weighted by Crippen LogP contribution is 2.10. The van der Waals surface area contributed by atoms with Gasteiger partial charge in [-0.1, -0.05) is 0 Å². The maximum atomic E-state index is 10.3. The summed E-state index contributed by atoms with van der Waals surface area (Å²) in [7, 11) is 0. The average molecular weight is 206 g/mol. The molecule has 0 aromatic heterocycles. The number of benzene rings is 1. The lowest BCUT2D eigenvalue weighted by atomic mass is 10.2. The SMILES string of the molecule is O=C=CCOCOc1ccc(C=O)cc1. The van der Waals surface area contributed by atoms with Crippen molar-refractivity contribution in [3.05, 3.63) is 35.9 Å². The fourth-order valence-electron chi connectivity index (χ4n) is 0.893. The molecule has 0 saturated heterocycles. The lowest BCUT2D eigenvalue weighted by molar-refractivity contribution is 0.0309. The van der Waals surface area contributed by atoms with E-state index in [0.29, 0.717) is 11.3 Å². The zero-order valence-corrected chi connectivity index (χ0v) is 8.01. The van der Waals surface area contributed by atoms with E-state index < -0.39 is 0 Å². The van der Waals surface area contributed by atoms with E-state index in [-0.39, 0.29) is 13.4 Å². The van der Waals surface area contributed by atoms with Crippen molar-refractivity contribution in [3.8, 4) is 5.75 Å². The monoisotopic (exact) mass is 206 g/mol. The van der Waals surface area contributed by atoms with E-state index in [1.165, 1.54) is 6.08 Å². The molecular formula is C11H10O4. The predicted molar refractivity (Wildman–Crippen MR) is 53.5 cm³/mol. The fourth-order valence-corrected chi connectivity index (χ4v) is 0.893. The third-order valence-corrected chi connectivity index (χ3v) is 1.61. The third kappa shape index (κ3) is 4.22. The van der Waals surface area contributed by atoms with Crippen LogP contribution in [0.4, 0.5) is 0 Å². The standard InChI is InChI=1S/C11H10O4/c12-6-1-7-14-9-15-11-4-2-10(8-13)3-5-11/h1-5,8H,7,9H2. The molecule has 0 spiro atoms. The molecule has 0 radical (unpaired) electrons. The van der Waals surface area contributed by atoms with Gasteiger partial charge in [0.25, 0.3) is 0 Å². The van der Waals surface area contributed by atoms with Crippen molar-refractivity contribution >= 4 is 12.2 Å². The van der Waals surface area contributed by atoms with Crippen LogP contribution in [0.15, 0.2) is 30.3 Å². The Balaban J connectivity index is 2.31. The van der Waals surface area contributed by atoms with E-state index in [1.54, 1.807) is 30.2 Å². The molecule has 1 rings (SSSR count). The number of ether oxygens (including phenoxy) is 2. The summed E-state index contributed by atoms with van der Waals surface area (Å²) in [5.74, 6) is 2.19. The van der Waals surface area contributed by atoms with E-state index in [0.717, 1.165) is 6.29 Å². The maximum Gasteiger partial charge on any atom is 0.189 e. The summed E-state index contributed by atoms with van der Waals surface area (Å²) in [6.45, 7) is 0.231. The van der Waals surface area contributed by atoms with Crippen LogP contribution in [0.25, 0.3) is 0 Å². The molecule has 0 aliphatic heterocycles. The van der Waals surface area contributed by atoms with Gasteiger partial charge in [-0.3, -0.25) is 4.79 Å². The molecule has 0 heterocycles. The van der Waals surface area contributed by atoms with E-state index in [9.17, 15) is 9.59 Å². The van der Waals surface area contributed by atoms with Gasteiger partial charge in [0.05, 0.1) is 6.61 Å². The Kier molecular flexibility index (Phi) is 4.87. The topological polar surface area (TPSA) is 52.6 Å². The zero-order valence-electron chi connectivity index (χ0n) is 8.01. The van der Waals surface area contributed by atoms with Gasteiger partial charge in [-0.25, -0.2) is 4.79 Å². The Morgan fingerprint density at radius 1 is 1.27 bits per heavy atom. The molecule has 0 aliphatic rings. The van der Waals surface area contributed by atoms with Crippen LogP contribution in [-0.4, -0.2) is 25.6 Å². The van der Waals surface area contributed by atoms with Crippen LogP contribution in [0.2, 0.25) is 0 Å². The van der Waals surface area contributed by atoms with Crippen molar-refractivity contribution in [2.75, 3.05) is 13.4 Å². The second-order valence-electron chi connectivity index (χ2n) is 2.64. The van der Waals surface area contributed by atoms with E-state index in [4.69, 9.17) is 9.47 Å². The lowest BCUT2D eigenvalue weighted by Gasteiger charge is -2.04. The van der Waals surface area contributed by atoms with Crippen LogP contribution in [0.5, 0.6) is 5.75 Å². The Hall–Kier alpha value is -1.90. The van der Waals surface area contributed by atoms with Crippen molar-refractivity contribution in [3.63, 3.8) is 0 Å². The Labute approximate surface area is 87.1 Å². The molecule has 1 aromatic rings. The zero-order chi connectivity index (χ0) is 10.9. The van der Waals surface area contributed by atoms with Crippen LogP contribution < -0.4 is 4.74 Å². The van der Waals surface area contributed by atoms with E-state index in [2.05, 4.69) is 0 Å². The maximum absolute atomic E-state index is 10.3. The molecule has 0 N–H and O–H groups in total. The molecule has 0 saturated carbocycles. The van der Waals surface area contributed by atoms with Crippen molar-refractivity contribution < 1.29 is 19.1 Å². The van der Waals surface area contributed by atoms with Gasteiger partial charge in [0.1, 0.15) is 18.0 Å². The van der Waals surface area contributed by atoms with Crippen LogP contribution in [0.3, 0.4) is 0 Å². The van der Waals surface area contributed by atoms with Crippen LogP contribution in [0, 0.1) is 0 Å². The number of rotatable bonds is 6. The number of hydrogen-bond donors (Lipinski definition) is 0. The van der Waals surface area contributed by atoms with Crippen LogP contribution in [-0.2, 0) is 9.53 Å². The quantitative estimate of drug-likeness (QED) is 0.304. The highest BCUT2D eigenvalue weighted by molar-refractivity contribution is 5.74. The summed E-state index contributed by atoms with van der Waals surface area (Å²) < 4.78 is 10.1. The van der Waals surface area contributed by atoms with Crippen molar-refractivity contribution in [1.82, 2.24) is 0 Å². The summed E-state index contributed by atoms with van der Waals surface area (Å²) in [6.07, 6.45) is 1.98.